The number of hydrogen-bond acceptors (Lipinski definition) is 5. The first-order valence-corrected chi connectivity index (χ1v) is 5.83. The van der Waals surface area contributed by atoms with Crippen molar-refractivity contribution in [1.82, 2.24) is 0 Å². The Labute approximate surface area is 117 Å². The second kappa shape index (κ2) is 6.08. The molecule has 1 aromatic rings. The van der Waals surface area contributed by atoms with Crippen LogP contribution in [0, 0.1) is 16.0 Å². The van der Waals surface area contributed by atoms with Crippen molar-refractivity contribution in [3.63, 3.8) is 0 Å². The number of nitrogens with two attached hydrogens (primary N) is 1. The summed E-state index contributed by atoms with van der Waals surface area (Å²) in [6.07, 6.45) is 3.15. The number of halogens is 1. The van der Waals surface area contributed by atoms with Crippen molar-refractivity contribution in [2.45, 2.75) is 25.3 Å². The average Bonchev–Trinajstić information content (AvgIpc) is 3.12. The predicted octanol–water partition coefficient (Wildman–Crippen LogP) is 2.53. The van der Waals surface area contributed by atoms with Gasteiger partial charge in [0.15, 0.2) is 5.75 Å². The highest BCUT2D eigenvalue weighted by atomic mass is 35.5. The Morgan fingerprint density at radius 2 is 2.21 bits per heavy atom. The minimum atomic E-state index is -0.634. The number of nitro benzene ring substituents is 1. The molecule has 1 aliphatic rings. The number of phenols is 1. The van der Waals surface area contributed by atoms with Crippen LogP contribution in [0.15, 0.2) is 12.1 Å². The van der Waals surface area contributed by atoms with Crippen LogP contribution in [0.25, 0.3) is 0 Å². The number of hydrogen-bond donors (Lipinski definition) is 2. The Morgan fingerprint density at radius 3 is 2.68 bits per heavy atom. The van der Waals surface area contributed by atoms with E-state index in [1.807, 2.05) is 0 Å². The van der Waals surface area contributed by atoms with Crippen molar-refractivity contribution in [2.75, 3.05) is 7.11 Å². The zero-order chi connectivity index (χ0) is 13.3. The van der Waals surface area contributed by atoms with E-state index in [9.17, 15) is 15.2 Å². The standard InChI is InChI=1S/C12H16N2O4.ClH/c1-18-11-6-8(9(13)4-7-2-3-7)5-10(12(11)15)14(16)17;/h5-7,9,15H,2-4,13H2,1H3;1H/t9-;/m0./s1. The smallest absolute Gasteiger partial charge is 0.314 e. The van der Waals surface area contributed by atoms with E-state index >= 15 is 0 Å². The monoisotopic (exact) mass is 288 g/mol. The minimum absolute atomic E-state index is 0. The highest BCUT2D eigenvalue weighted by molar-refractivity contribution is 5.85. The molecule has 0 heterocycles. The number of benzene rings is 1. The first kappa shape index (κ1) is 15.5. The van der Waals surface area contributed by atoms with Gasteiger partial charge in [0.25, 0.3) is 0 Å². The van der Waals surface area contributed by atoms with E-state index in [0.717, 1.165) is 6.42 Å². The van der Waals surface area contributed by atoms with Gasteiger partial charge >= 0.3 is 5.69 Å². The second-order valence-electron chi connectivity index (χ2n) is 4.63. The van der Waals surface area contributed by atoms with E-state index in [0.29, 0.717) is 11.5 Å². The van der Waals surface area contributed by atoms with Crippen molar-refractivity contribution in [1.29, 1.82) is 0 Å². The number of nitro groups is 1. The van der Waals surface area contributed by atoms with Crippen molar-refractivity contribution in [3.8, 4) is 11.5 Å². The van der Waals surface area contributed by atoms with Crippen LogP contribution >= 0.6 is 12.4 Å². The molecule has 1 saturated carbocycles. The molecular formula is C12H17ClN2O4. The third kappa shape index (κ3) is 3.48. The summed E-state index contributed by atoms with van der Waals surface area (Å²) in [7, 11) is 1.36. The maximum atomic E-state index is 10.8. The third-order valence-electron chi connectivity index (χ3n) is 3.21. The van der Waals surface area contributed by atoms with Gasteiger partial charge in [0, 0.05) is 12.1 Å². The summed E-state index contributed by atoms with van der Waals surface area (Å²) in [6.45, 7) is 0. The van der Waals surface area contributed by atoms with Gasteiger partial charge in [0.1, 0.15) is 0 Å². The van der Waals surface area contributed by atoms with Crippen LogP contribution in [0.3, 0.4) is 0 Å². The first-order valence-electron chi connectivity index (χ1n) is 5.83. The lowest BCUT2D eigenvalue weighted by atomic mass is 10.0. The molecule has 0 bridgehead atoms. The predicted molar refractivity (Wildman–Crippen MR) is 72.8 cm³/mol. The molecule has 2 rings (SSSR count). The molecule has 0 saturated heterocycles. The van der Waals surface area contributed by atoms with Gasteiger partial charge in [-0.15, -0.1) is 12.4 Å². The van der Waals surface area contributed by atoms with Gasteiger partial charge in [0.05, 0.1) is 12.0 Å². The fraction of sp³-hybridized carbons (Fsp3) is 0.500. The number of aromatic hydroxyl groups is 1. The van der Waals surface area contributed by atoms with E-state index < -0.39 is 10.7 Å². The maximum Gasteiger partial charge on any atom is 0.314 e. The molecular weight excluding hydrogens is 272 g/mol. The van der Waals surface area contributed by atoms with Crippen LogP contribution in [-0.2, 0) is 0 Å². The Hall–Kier alpha value is -1.53. The summed E-state index contributed by atoms with van der Waals surface area (Å²) in [5, 5.41) is 20.5. The van der Waals surface area contributed by atoms with Gasteiger partial charge in [-0.3, -0.25) is 10.1 Å². The van der Waals surface area contributed by atoms with E-state index in [2.05, 4.69) is 0 Å². The summed E-state index contributed by atoms with van der Waals surface area (Å²) in [6, 6.07) is 2.63. The molecule has 0 radical (unpaired) electrons. The first-order chi connectivity index (χ1) is 8.52. The highest BCUT2D eigenvalue weighted by Gasteiger charge is 2.27. The van der Waals surface area contributed by atoms with E-state index in [1.54, 1.807) is 6.07 Å². The largest absolute Gasteiger partial charge is 0.500 e. The molecule has 1 aromatic carbocycles. The van der Waals surface area contributed by atoms with Crippen LogP contribution < -0.4 is 10.5 Å². The third-order valence-corrected chi connectivity index (χ3v) is 3.21. The number of ether oxygens (including phenoxy) is 1. The highest BCUT2D eigenvalue weighted by Crippen LogP contribution is 2.41. The summed E-state index contributed by atoms with van der Waals surface area (Å²) < 4.78 is 4.94. The van der Waals surface area contributed by atoms with Gasteiger partial charge in [-0.2, -0.15) is 0 Å². The lowest BCUT2D eigenvalue weighted by molar-refractivity contribution is -0.386. The fourth-order valence-corrected chi connectivity index (χ4v) is 1.97. The van der Waals surface area contributed by atoms with Crippen molar-refractivity contribution < 1.29 is 14.8 Å². The van der Waals surface area contributed by atoms with Crippen LogP contribution in [0.4, 0.5) is 5.69 Å². The Kier molecular flexibility index (Phi) is 4.97. The molecule has 0 spiro atoms. The SMILES string of the molecule is COc1cc([C@@H](N)CC2CC2)cc([N+](=O)[O-])c1O.Cl. The Bertz CT molecular complexity index is 477. The number of phenolic OH excluding ortho intramolecular Hbond substituents is 1. The molecule has 0 aromatic heterocycles. The molecule has 1 atom stereocenters. The molecule has 7 heteroatoms. The average molecular weight is 289 g/mol. The zero-order valence-corrected chi connectivity index (χ0v) is 11.4. The van der Waals surface area contributed by atoms with Gasteiger partial charge in [-0.25, -0.2) is 0 Å². The molecule has 0 unspecified atom stereocenters. The fourth-order valence-electron chi connectivity index (χ4n) is 1.97. The Balaban J connectivity index is 0.00000180. The van der Waals surface area contributed by atoms with Gasteiger partial charge in [0.2, 0.25) is 5.75 Å². The zero-order valence-electron chi connectivity index (χ0n) is 10.5. The quantitative estimate of drug-likeness (QED) is 0.641. The molecule has 19 heavy (non-hydrogen) atoms. The van der Waals surface area contributed by atoms with Gasteiger partial charge in [-0.1, -0.05) is 12.8 Å². The number of rotatable bonds is 5. The van der Waals surface area contributed by atoms with Crippen LogP contribution in [0.2, 0.25) is 0 Å². The van der Waals surface area contributed by atoms with Crippen molar-refractivity contribution >= 4 is 18.1 Å². The van der Waals surface area contributed by atoms with Gasteiger partial charge in [-0.05, 0) is 24.0 Å². The molecule has 106 valence electrons. The number of nitrogens with zero attached hydrogens (tertiary/aromatic N) is 1. The topological polar surface area (TPSA) is 98.6 Å². The van der Waals surface area contributed by atoms with E-state index in [1.165, 1.54) is 26.0 Å². The molecule has 3 N–H and O–H groups in total. The molecule has 1 fully saturated rings. The second-order valence-corrected chi connectivity index (χ2v) is 4.63. The van der Waals surface area contributed by atoms with E-state index in [-0.39, 0.29) is 29.9 Å². The van der Waals surface area contributed by atoms with Crippen LogP contribution in [0.5, 0.6) is 11.5 Å². The van der Waals surface area contributed by atoms with Crippen molar-refractivity contribution in [2.24, 2.45) is 11.7 Å². The molecule has 1 aliphatic carbocycles. The minimum Gasteiger partial charge on any atom is -0.500 e. The maximum absolute atomic E-state index is 10.8. The summed E-state index contributed by atoms with van der Waals surface area (Å²) in [5.41, 5.74) is 6.28. The lowest BCUT2D eigenvalue weighted by Crippen LogP contribution is -2.11. The van der Waals surface area contributed by atoms with Crippen LogP contribution in [0.1, 0.15) is 30.9 Å². The summed E-state index contributed by atoms with van der Waals surface area (Å²) in [5.74, 6) is 0.258. The molecule has 6 nitrogen and oxygen atoms in total. The summed E-state index contributed by atoms with van der Waals surface area (Å²) >= 11 is 0. The molecule has 0 amide bonds. The lowest BCUT2D eigenvalue weighted by Gasteiger charge is -2.13. The van der Waals surface area contributed by atoms with Crippen LogP contribution in [-0.4, -0.2) is 17.1 Å². The Morgan fingerprint density at radius 1 is 1.58 bits per heavy atom. The van der Waals surface area contributed by atoms with E-state index in [4.69, 9.17) is 10.5 Å². The summed E-state index contributed by atoms with van der Waals surface area (Å²) in [4.78, 5) is 10.2. The normalized spacial score (nSPS) is 15.5. The van der Waals surface area contributed by atoms with Crippen molar-refractivity contribution in [3.05, 3.63) is 27.8 Å². The number of methoxy groups -OCH3 is 1. The molecule has 0 aliphatic heterocycles. The van der Waals surface area contributed by atoms with Gasteiger partial charge < -0.3 is 15.6 Å².